The fourth-order valence-corrected chi connectivity index (χ4v) is 5.01. The minimum absolute atomic E-state index is 0.0810. The van der Waals surface area contributed by atoms with Crippen LogP contribution in [0.5, 0.6) is 5.75 Å². The predicted molar refractivity (Wildman–Crippen MR) is 130 cm³/mol. The van der Waals surface area contributed by atoms with Crippen LogP contribution in [-0.4, -0.2) is 36.2 Å². The van der Waals surface area contributed by atoms with Crippen molar-refractivity contribution in [1.29, 1.82) is 0 Å². The summed E-state index contributed by atoms with van der Waals surface area (Å²) in [5.74, 6) is -0.0477. The molecular formula is C24H22ClN3O4S. The van der Waals surface area contributed by atoms with Gasteiger partial charge in [-0.05, 0) is 36.1 Å². The van der Waals surface area contributed by atoms with Crippen LogP contribution in [-0.2, 0) is 14.3 Å². The number of methoxy groups -OCH3 is 2. The Bertz CT molecular complexity index is 1210. The molecule has 1 amide bonds. The lowest BCUT2D eigenvalue weighted by molar-refractivity contribution is -0.136. The molecule has 33 heavy (non-hydrogen) atoms. The summed E-state index contributed by atoms with van der Waals surface area (Å²) < 4.78 is 10.3. The molecule has 0 fully saturated rings. The molecule has 2 aliphatic rings. The number of thioether (sulfide) groups is 1. The summed E-state index contributed by atoms with van der Waals surface area (Å²) >= 11 is 7.94. The minimum atomic E-state index is -0.565. The van der Waals surface area contributed by atoms with Gasteiger partial charge in [0.15, 0.2) is 5.17 Å². The minimum Gasteiger partial charge on any atom is -0.497 e. The smallest absolute Gasteiger partial charge is 0.338 e. The summed E-state index contributed by atoms with van der Waals surface area (Å²) in [7, 11) is 2.91. The summed E-state index contributed by atoms with van der Waals surface area (Å²) in [6, 6.07) is 13.9. The second-order valence-corrected chi connectivity index (χ2v) is 8.61. The zero-order valence-electron chi connectivity index (χ0n) is 18.3. The first-order valence-electron chi connectivity index (χ1n) is 10.1. The number of rotatable bonds is 6. The van der Waals surface area contributed by atoms with Gasteiger partial charge < -0.3 is 19.7 Å². The molecule has 9 heteroatoms. The topological polar surface area (TPSA) is 80.2 Å². The van der Waals surface area contributed by atoms with E-state index in [-0.39, 0.29) is 12.3 Å². The lowest BCUT2D eigenvalue weighted by atomic mass is 9.94. The van der Waals surface area contributed by atoms with E-state index >= 15 is 0 Å². The molecule has 0 bridgehead atoms. The van der Waals surface area contributed by atoms with Crippen molar-refractivity contribution in [1.82, 2.24) is 4.90 Å². The number of amidine groups is 1. The maximum atomic E-state index is 12.9. The number of esters is 1. The van der Waals surface area contributed by atoms with Crippen LogP contribution in [0.4, 0.5) is 5.69 Å². The number of anilines is 1. The molecule has 0 saturated carbocycles. The van der Waals surface area contributed by atoms with Crippen LogP contribution < -0.4 is 10.1 Å². The molecular weight excluding hydrogens is 462 g/mol. The van der Waals surface area contributed by atoms with Gasteiger partial charge in [-0.2, -0.15) is 0 Å². The Labute approximate surface area is 201 Å². The van der Waals surface area contributed by atoms with Gasteiger partial charge in [-0.15, -0.1) is 0 Å². The first-order valence-corrected chi connectivity index (χ1v) is 11.4. The zero-order chi connectivity index (χ0) is 23.5. The van der Waals surface area contributed by atoms with Crippen molar-refractivity contribution in [3.8, 4) is 5.75 Å². The third kappa shape index (κ3) is 4.62. The normalized spacial score (nSPS) is 17.2. The van der Waals surface area contributed by atoms with E-state index in [1.165, 1.54) is 18.9 Å². The fraction of sp³-hybridized carbons (Fsp3) is 0.208. The molecule has 2 aliphatic heterocycles. The molecule has 1 atom stereocenters. The van der Waals surface area contributed by atoms with Crippen molar-refractivity contribution >= 4 is 46.1 Å². The van der Waals surface area contributed by atoms with Gasteiger partial charge in [0.2, 0.25) is 5.91 Å². The molecule has 170 valence electrons. The number of amides is 1. The Morgan fingerprint density at radius 3 is 2.70 bits per heavy atom. The second kappa shape index (κ2) is 9.72. The molecule has 2 aromatic carbocycles. The first-order chi connectivity index (χ1) is 15.9. The van der Waals surface area contributed by atoms with E-state index in [4.69, 9.17) is 21.1 Å². The van der Waals surface area contributed by atoms with Gasteiger partial charge in [-0.1, -0.05) is 47.6 Å². The van der Waals surface area contributed by atoms with E-state index in [1.54, 1.807) is 44.4 Å². The number of benzene rings is 2. The van der Waals surface area contributed by atoms with E-state index in [1.807, 2.05) is 28.5 Å². The van der Waals surface area contributed by atoms with Crippen LogP contribution in [0, 0.1) is 0 Å². The monoisotopic (exact) mass is 483 g/mol. The van der Waals surface area contributed by atoms with Crippen molar-refractivity contribution in [2.24, 2.45) is 4.99 Å². The molecule has 1 N–H and O–H groups in total. The predicted octanol–water partition coefficient (Wildman–Crippen LogP) is 5.13. The van der Waals surface area contributed by atoms with Crippen LogP contribution in [0.1, 0.15) is 24.9 Å². The highest BCUT2D eigenvalue weighted by Gasteiger charge is 2.41. The number of halogens is 1. The summed E-state index contributed by atoms with van der Waals surface area (Å²) in [5, 5.41) is 5.95. The number of nitrogens with one attached hydrogen (secondary N) is 1. The van der Waals surface area contributed by atoms with E-state index in [0.29, 0.717) is 38.6 Å². The molecule has 0 aromatic heterocycles. The van der Waals surface area contributed by atoms with E-state index in [2.05, 4.69) is 10.3 Å². The Hall–Kier alpha value is -3.23. The van der Waals surface area contributed by atoms with Crippen LogP contribution in [0.25, 0.3) is 0 Å². The Kier molecular flexibility index (Phi) is 6.76. The standard InChI is InChI=1S/C24H22ClN3O4S/c1-14-21(23(30)32-3)22(18-9-4-5-10-19(18)25)28-16(13-33-24(28)26-14)12-20(29)27-15-7-6-8-17(11-15)31-2/h4-11,13,22H,12H2,1-3H3,(H,27,29)/t22-/m1/s1. The molecule has 4 rings (SSSR count). The number of allylic oxidation sites excluding steroid dienone is 1. The molecule has 2 heterocycles. The molecule has 2 aromatic rings. The Morgan fingerprint density at radius 1 is 1.18 bits per heavy atom. The highest BCUT2D eigenvalue weighted by atomic mass is 35.5. The summed E-state index contributed by atoms with van der Waals surface area (Å²) in [6.45, 7) is 1.77. The molecule has 0 unspecified atom stereocenters. The lowest BCUT2D eigenvalue weighted by Gasteiger charge is -2.36. The molecule has 0 spiro atoms. The maximum absolute atomic E-state index is 12.9. The number of carbonyl (C=O) groups is 2. The highest BCUT2D eigenvalue weighted by Crippen LogP contribution is 2.46. The van der Waals surface area contributed by atoms with Gasteiger partial charge in [0.1, 0.15) is 5.75 Å². The molecule has 0 saturated heterocycles. The fourth-order valence-electron chi connectivity index (χ4n) is 3.80. The van der Waals surface area contributed by atoms with Crippen molar-refractivity contribution in [3.05, 3.63) is 81.5 Å². The molecule has 0 aliphatic carbocycles. The van der Waals surface area contributed by atoms with Crippen molar-refractivity contribution in [3.63, 3.8) is 0 Å². The lowest BCUT2D eigenvalue weighted by Crippen LogP contribution is -2.37. The van der Waals surface area contributed by atoms with Crippen LogP contribution >= 0.6 is 23.4 Å². The second-order valence-electron chi connectivity index (χ2n) is 7.36. The van der Waals surface area contributed by atoms with Crippen molar-refractivity contribution in [2.75, 3.05) is 19.5 Å². The van der Waals surface area contributed by atoms with Gasteiger partial charge in [0.05, 0.1) is 38.0 Å². The zero-order valence-corrected chi connectivity index (χ0v) is 19.9. The number of aliphatic imine (C=N–C) groups is 1. The van der Waals surface area contributed by atoms with E-state index < -0.39 is 12.0 Å². The van der Waals surface area contributed by atoms with Crippen LogP contribution in [0.15, 0.2) is 75.9 Å². The van der Waals surface area contributed by atoms with E-state index in [0.717, 1.165) is 5.56 Å². The maximum Gasteiger partial charge on any atom is 0.338 e. The third-order valence-corrected chi connectivity index (χ3v) is 6.53. The first kappa shape index (κ1) is 22.9. The number of nitrogens with zero attached hydrogens (tertiary/aromatic N) is 2. The van der Waals surface area contributed by atoms with Gasteiger partial charge in [-0.3, -0.25) is 4.79 Å². The summed E-state index contributed by atoms with van der Waals surface area (Å²) in [5.41, 5.74) is 3.01. The van der Waals surface area contributed by atoms with Crippen LogP contribution in [0.2, 0.25) is 5.02 Å². The van der Waals surface area contributed by atoms with Gasteiger partial charge >= 0.3 is 5.97 Å². The number of fused-ring (bicyclic) bond motifs is 1. The molecule has 7 nitrogen and oxygen atoms in total. The van der Waals surface area contributed by atoms with Crippen molar-refractivity contribution in [2.45, 2.75) is 19.4 Å². The number of ether oxygens (including phenoxy) is 2. The highest BCUT2D eigenvalue weighted by molar-refractivity contribution is 8.16. The van der Waals surface area contributed by atoms with E-state index in [9.17, 15) is 9.59 Å². The quantitative estimate of drug-likeness (QED) is 0.574. The summed E-state index contributed by atoms with van der Waals surface area (Å²) in [4.78, 5) is 32.1. The van der Waals surface area contributed by atoms with Gasteiger partial charge in [0.25, 0.3) is 0 Å². The SMILES string of the molecule is COC(=O)C1=C(C)N=C2SC=C(CC(=O)Nc3cccc(OC)c3)N2[C@@H]1c1ccccc1Cl. The summed E-state index contributed by atoms with van der Waals surface area (Å²) in [6.07, 6.45) is 0.0810. The third-order valence-electron chi connectivity index (χ3n) is 5.30. The Balaban J connectivity index is 1.66. The van der Waals surface area contributed by atoms with Crippen molar-refractivity contribution < 1.29 is 19.1 Å². The number of carbonyl (C=O) groups excluding carboxylic acids is 2. The largest absolute Gasteiger partial charge is 0.497 e. The number of hydrogen-bond donors (Lipinski definition) is 1. The van der Waals surface area contributed by atoms with Gasteiger partial charge in [-0.25, -0.2) is 9.79 Å². The number of hydrogen-bond acceptors (Lipinski definition) is 7. The Morgan fingerprint density at radius 2 is 1.97 bits per heavy atom. The molecule has 0 radical (unpaired) electrons. The van der Waals surface area contributed by atoms with Gasteiger partial charge in [0, 0.05) is 22.5 Å². The average molecular weight is 484 g/mol. The van der Waals surface area contributed by atoms with Crippen LogP contribution in [0.3, 0.4) is 0 Å². The average Bonchev–Trinajstić information content (AvgIpc) is 3.20.